The van der Waals surface area contributed by atoms with Crippen LogP contribution in [0.1, 0.15) is 40.0 Å². The summed E-state index contributed by atoms with van der Waals surface area (Å²) in [5, 5.41) is 15.5. The minimum absolute atomic E-state index is 0.0612. The van der Waals surface area contributed by atoms with Gasteiger partial charge in [0, 0.05) is 24.1 Å². The summed E-state index contributed by atoms with van der Waals surface area (Å²) in [6, 6.07) is 14.4. The standard InChI is InChI=1S/C23H18ClFN4O/c1-16-13-18(10-9-17-7-3-2-4-8-17)14-20(25)21(16)28-23(30)22-19(24)15-27-29(22)12-6-5-11-26/h2-4,7-8,13-15H,5-6,12H2,1H3,(H,28,30). The number of carbonyl (C=O) groups is 1. The zero-order valence-corrected chi connectivity index (χ0v) is 17.0. The van der Waals surface area contributed by atoms with E-state index in [9.17, 15) is 9.18 Å². The van der Waals surface area contributed by atoms with Crippen LogP contribution in [0.25, 0.3) is 0 Å². The molecule has 0 aliphatic rings. The fourth-order valence-corrected chi connectivity index (χ4v) is 3.11. The number of rotatable bonds is 5. The number of aromatic nitrogens is 2. The lowest BCUT2D eigenvalue weighted by Crippen LogP contribution is -2.19. The lowest BCUT2D eigenvalue weighted by molar-refractivity contribution is 0.101. The molecule has 0 aliphatic carbocycles. The van der Waals surface area contributed by atoms with Gasteiger partial charge in [0.25, 0.3) is 5.91 Å². The predicted molar refractivity (Wildman–Crippen MR) is 114 cm³/mol. The van der Waals surface area contributed by atoms with Gasteiger partial charge in [0.15, 0.2) is 0 Å². The summed E-state index contributed by atoms with van der Waals surface area (Å²) in [5.41, 5.74) is 2.05. The summed E-state index contributed by atoms with van der Waals surface area (Å²) in [7, 11) is 0. The molecule has 0 fully saturated rings. The molecule has 7 heteroatoms. The molecular weight excluding hydrogens is 403 g/mol. The lowest BCUT2D eigenvalue weighted by Gasteiger charge is -2.12. The maximum absolute atomic E-state index is 14.7. The Bertz CT molecular complexity index is 1150. The molecule has 1 amide bonds. The highest BCUT2D eigenvalue weighted by Gasteiger charge is 2.20. The van der Waals surface area contributed by atoms with Gasteiger partial charge in [-0.25, -0.2) is 4.39 Å². The zero-order valence-electron chi connectivity index (χ0n) is 16.2. The first-order chi connectivity index (χ1) is 14.5. The highest BCUT2D eigenvalue weighted by atomic mass is 35.5. The van der Waals surface area contributed by atoms with Crippen LogP contribution in [0.5, 0.6) is 0 Å². The first-order valence-corrected chi connectivity index (χ1v) is 9.64. The number of hydrogen-bond donors (Lipinski definition) is 1. The molecule has 0 saturated heterocycles. The summed E-state index contributed by atoms with van der Waals surface area (Å²) in [6.45, 7) is 2.05. The fraction of sp³-hybridized carbons (Fsp3) is 0.174. The Morgan fingerprint density at radius 2 is 1.97 bits per heavy atom. The molecule has 0 bridgehead atoms. The second kappa shape index (κ2) is 9.73. The molecule has 150 valence electrons. The van der Waals surface area contributed by atoms with Crippen molar-refractivity contribution < 1.29 is 9.18 Å². The zero-order chi connectivity index (χ0) is 21.5. The Morgan fingerprint density at radius 1 is 1.23 bits per heavy atom. The third kappa shape index (κ3) is 5.05. The van der Waals surface area contributed by atoms with Crippen molar-refractivity contribution in [3.63, 3.8) is 0 Å². The number of benzene rings is 2. The minimum Gasteiger partial charge on any atom is -0.318 e. The fourth-order valence-electron chi connectivity index (χ4n) is 2.88. The molecule has 3 aromatic rings. The molecule has 0 unspecified atom stereocenters. The van der Waals surface area contributed by atoms with E-state index in [0.717, 1.165) is 5.56 Å². The monoisotopic (exact) mass is 420 g/mol. The van der Waals surface area contributed by atoms with Crippen molar-refractivity contribution in [1.29, 1.82) is 5.26 Å². The molecule has 1 N–H and O–H groups in total. The summed E-state index contributed by atoms with van der Waals surface area (Å²) < 4.78 is 16.1. The third-order valence-electron chi connectivity index (χ3n) is 4.32. The number of carbonyl (C=O) groups excluding carboxylic acids is 1. The van der Waals surface area contributed by atoms with E-state index >= 15 is 0 Å². The normalized spacial score (nSPS) is 10.1. The van der Waals surface area contributed by atoms with Gasteiger partial charge >= 0.3 is 0 Å². The SMILES string of the molecule is Cc1cc(C#Cc2ccccc2)cc(F)c1NC(=O)c1c(Cl)cnn1CCCC#N. The molecule has 0 aliphatic heterocycles. The number of nitrogens with zero attached hydrogens (tertiary/aromatic N) is 3. The van der Waals surface area contributed by atoms with Crippen LogP contribution < -0.4 is 5.32 Å². The number of amides is 1. The maximum Gasteiger partial charge on any atom is 0.275 e. The van der Waals surface area contributed by atoms with Crippen LogP contribution >= 0.6 is 11.6 Å². The molecule has 0 saturated carbocycles. The molecule has 2 aromatic carbocycles. The van der Waals surface area contributed by atoms with E-state index in [1.807, 2.05) is 36.4 Å². The van der Waals surface area contributed by atoms with Gasteiger partial charge in [0.05, 0.1) is 23.0 Å². The number of unbranched alkanes of at least 4 members (excludes halogenated alkanes) is 1. The Morgan fingerprint density at radius 3 is 2.67 bits per heavy atom. The average Bonchev–Trinajstić information content (AvgIpc) is 3.10. The van der Waals surface area contributed by atoms with Crippen LogP contribution in [-0.4, -0.2) is 15.7 Å². The van der Waals surface area contributed by atoms with E-state index in [2.05, 4.69) is 22.3 Å². The second-order valence-corrected chi connectivity index (χ2v) is 6.95. The minimum atomic E-state index is -0.590. The van der Waals surface area contributed by atoms with Crippen LogP contribution in [0.2, 0.25) is 5.02 Å². The van der Waals surface area contributed by atoms with Crippen molar-refractivity contribution in [3.8, 4) is 17.9 Å². The maximum atomic E-state index is 14.7. The first kappa shape index (κ1) is 21.1. The number of anilines is 1. The van der Waals surface area contributed by atoms with E-state index < -0.39 is 11.7 Å². The molecule has 1 heterocycles. The summed E-state index contributed by atoms with van der Waals surface area (Å²) in [6.07, 6.45) is 2.21. The molecular formula is C23H18ClFN4O. The molecule has 0 atom stereocenters. The van der Waals surface area contributed by atoms with Gasteiger partial charge in [0.1, 0.15) is 11.5 Å². The van der Waals surface area contributed by atoms with Gasteiger partial charge in [-0.3, -0.25) is 9.48 Å². The van der Waals surface area contributed by atoms with Crippen LogP contribution in [0.4, 0.5) is 10.1 Å². The van der Waals surface area contributed by atoms with Gasteiger partial charge < -0.3 is 5.32 Å². The van der Waals surface area contributed by atoms with Gasteiger partial charge in [-0.15, -0.1) is 0 Å². The van der Waals surface area contributed by atoms with Crippen LogP contribution in [0.3, 0.4) is 0 Å². The molecule has 1 aromatic heterocycles. The lowest BCUT2D eigenvalue weighted by atomic mass is 10.1. The Balaban J connectivity index is 1.81. The van der Waals surface area contributed by atoms with E-state index in [0.29, 0.717) is 30.5 Å². The van der Waals surface area contributed by atoms with Gasteiger partial charge in [-0.2, -0.15) is 10.4 Å². The number of aryl methyl sites for hydroxylation is 2. The van der Waals surface area contributed by atoms with Crippen molar-refractivity contribution in [2.24, 2.45) is 0 Å². The van der Waals surface area contributed by atoms with Crippen LogP contribution in [0.15, 0.2) is 48.7 Å². The van der Waals surface area contributed by atoms with Crippen molar-refractivity contribution in [2.75, 3.05) is 5.32 Å². The van der Waals surface area contributed by atoms with Gasteiger partial charge in [-0.05, 0) is 43.2 Å². The largest absolute Gasteiger partial charge is 0.318 e. The third-order valence-corrected chi connectivity index (χ3v) is 4.60. The smallest absolute Gasteiger partial charge is 0.275 e. The molecule has 0 radical (unpaired) electrons. The summed E-state index contributed by atoms with van der Waals surface area (Å²) in [5.74, 6) is 4.75. The van der Waals surface area contributed by atoms with Gasteiger partial charge in [0.2, 0.25) is 0 Å². The highest BCUT2D eigenvalue weighted by Crippen LogP contribution is 2.24. The summed E-state index contributed by atoms with van der Waals surface area (Å²) >= 11 is 6.10. The van der Waals surface area contributed by atoms with Crippen LogP contribution in [-0.2, 0) is 6.54 Å². The van der Waals surface area contributed by atoms with Crippen molar-refractivity contribution in [2.45, 2.75) is 26.3 Å². The summed E-state index contributed by atoms with van der Waals surface area (Å²) in [4.78, 5) is 12.7. The number of halogens is 2. The Kier molecular flexibility index (Phi) is 6.85. The molecule has 3 rings (SSSR count). The van der Waals surface area contributed by atoms with E-state index in [-0.39, 0.29) is 16.4 Å². The topological polar surface area (TPSA) is 70.7 Å². The number of nitrogens with one attached hydrogen (secondary N) is 1. The number of nitriles is 1. The van der Waals surface area contributed by atoms with E-state index in [1.54, 1.807) is 13.0 Å². The van der Waals surface area contributed by atoms with Gasteiger partial charge in [-0.1, -0.05) is 41.6 Å². The quantitative estimate of drug-likeness (QED) is 0.469. The molecule has 0 spiro atoms. The predicted octanol–water partition coefficient (Wildman–Crippen LogP) is 4.94. The number of hydrogen-bond acceptors (Lipinski definition) is 3. The Labute approximate surface area is 179 Å². The molecule has 5 nitrogen and oxygen atoms in total. The van der Waals surface area contributed by atoms with Crippen molar-refractivity contribution in [1.82, 2.24) is 9.78 Å². The Hall–Kier alpha value is -3.61. The van der Waals surface area contributed by atoms with Crippen LogP contribution in [0, 0.1) is 35.9 Å². The molecule has 30 heavy (non-hydrogen) atoms. The second-order valence-electron chi connectivity index (χ2n) is 6.55. The van der Waals surface area contributed by atoms with E-state index in [1.165, 1.54) is 16.9 Å². The highest BCUT2D eigenvalue weighted by molar-refractivity contribution is 6.34. The van der Waals surface area contributed by atoms with Crippen molar-refractivity contribution in [3.05, 3.63) is 81.9 Å². The van der Waals surface area contributed by atoms with Crippen molar-refractivity contribution >= 4 is 23.2 Å². The average molecular weight is 421 g/mol. The van der Waals surface area contributed by atoms with E-state index in [4.69, 9.17) is 16.9 Å². The first-order valence-electron chi connectivity index (χ1n) is 9.26.